The summed E-state index contributed by atoms with van der Waals surface area (Å²) in [5, 5.41) is 3.43. The number of hydrogen-bond acceptors (Lipinski definition) is 9. The molecule has 2 amide bonds. The molecule has 0 radical (unpaired) electrons. The van der Waals surface area contributed by atoms with Gasteiger partial charge in [-0.2, -0.15) is 0 Å². The summed E-state index contributed by atoms with van der Waals surface area (Å²) >= 11 is 0. The Morgan fingerprint density at radius 2 is 1.05 bits per heavy atom. The molecule has 11 nitrogen and oxygen atoms in total. The molecule has 0 aliphatic rings. The molecule has 0 aliphatic heterocycles. The SMILES string of the molecule is CC(C)C(=O)CCC(N)=O.CCC(=O)CCOCC(COCCC(N)=O)(COCCC(=O)C(C)C)NC(C)C. The summed E-state index contributed by atoms with van der Waals surface area (Å²) < 4.78 is 17.2. The number of ether oxygens (including phenoxy) is 3. The normalized spacial score (nSPS) is 12.7. The van der Waals surface area contributed by atoms with E-state index < -0.39 is 17.4 Å². The number of amides is 2. The van der Waals surface area contributed by atoms with Crippen LogP contribution in [0.2, 0.25) is 0 Å². The molecule has 0 bridgehead atoms. The molecular formula is C28H53N3O8. The van der Waals surface area contributed by atoms with Crippen molar-refractivity contribution in [2.24, 2.45) is 23.3 Å². The van der Waals surface area contributed by atoms with Gasteiger partial charge in [-0.25, -0.2) is 0 Å². The van der Waals surface area contributed by atoms with Crippen LogP contribution in [0.15, 0.2) is 0 Å². The van der Waals surface area contributed by atoms with Crippen LogP contribution < -0.4 is 16.8 Å². The van der Waals surface area contributed by atoms with Crippen LogP contribution >= 0.6 is 0 Å². The smallest absolute Gasteiger partial charge is 0.219 e. The van der Waals surface area contributed by atoms with Crippen molar-refractivity contribution < 1.29 is 38.2 Å². The second-order valence-electron chi connectivity index (χ2n) is 10.6. The van der Waals surface area contributed by atoms with E-state index >= 15 is 0 Å². The zero-order chi connectivity index (χ0) is 30.4. The van der Waals surface area contributed by atoms with Gasteiger partial charge < -0.3 is 31.0 Å². The molecule has 0 fully saturated rings. The minimum absolute atomic E-state index is 0.0133. The number of nitrogens with two attached hydrogens (primary N) is 2. The zero-order valence-electron chi connectivity index (χ0n) is 25.1. The van der Waals surface area contributed by atoms with E-state index in [-0.39, 0.29) is 80.9 Å². The van der Waals surface area contributed by atoms with Crippen LogP contribution in [0, 0.1) is 11.8 Å². The van der Waals surface area contributed by atoms with E-state index in [1.807, 2.05) is 48.5 Å². The average Bonchev–Trinajstić information content (AvgIpc) is 2.84. The molecule has 228 valence electrons. The zero-order valence-corrected chi connectivity index (χ0v) is 25.1. The predicted molar refractivity (Wildman–Crippen MR) is 150 cm³/mol. The fourth-order valence-corrected chi connectivity index (χ4v) is 3.20. The van der Waals surface area contributed by atoms with Gasteiger partial charge in [-0.05, 0) is 0 Å². The summed E-state index contributed by atoms with van der Waals surface area (Å²) in [6, 6.07) is 0.122. The van der Waals surface area contributed by atoms with Crippen molar-refractivity contribution in [3.8, 4) is 0 Å². The highest BCUT2D eigenvalue weighted by atomic mass is 16.5. The molecule has 1 unspecified atom stereocenters. The van der Waals surface area contributed by atoms with Gasteiger partial charge in [0.1, 0.15) is 17.3 Å². The van der Waals surface area contributed by atoms with Gasteiger partial charge >= 0.3 is 0 Å². The van der Waals surface area contributed by atoms with Gasteiger partial charge in [0.25, 0.3) is 0 Å². The van der Waals surface area contributed by atoms with E-state index in [1.54, 1.807) is 0 Å². The van der Waals surface area contributed by atoms with Crippen LogP contribution in [0.3, 0.4) is 0 Å². The third-order valence-electron chi connectivity index (χ3n) is 5.54. The number of hydrogen-bond donors (Lipinski definition) is 3. The largest absolute Gasteiger partial charge is 0.379 e. The van der Waals surface area contributed by atoms with Crippen molar-refractivity contribution >= 4 is 29.2 Å². The molecule has 0 aliphatic carbocycles. The highest BCUT2D eigenvalue weighted by Gasteiger charge is 2.32. The Kier molecular flexibility index (Phi) is 22.6. The van der Waals surface area contributed by atoms with E-state index in [0.717, 1.165) is 0 Å². The van der Waals surface area contributed by atoms with Gasteiger partial charge in [0.15, 0.2) is 0 Å². The Morgan fingerprint density at radius 1 is 0.641 bits per heavy atom. The number of nitrogens with one attached hydrogen (secondary N) is 1. The molecule has 0 saturated heterocycles. The van der Waals surface area contributed by atoms with E-state index in [4.69, 9.17) is 25.7 Å². The second-order valence-corrected chi connectivity index (χ2v) is 10.6. The first-order chi connectivity index (χ1) is 18.2. The molecule has 0 rings (SSSR count). The quantitative estimate of drug-likeness (QED) is 0.158. The number of Topliss-reactive ketones (excluding diaryl/α,β-unsaturated/α-hetero) is 3. The molecule has 0 heterocycles. The number of rotatable bonds is 23. The minimum atomic E-state index is -0.665. The van der Waals surface area contributed by atoms with Gasteiger partial charge in [-0.3, -0.25) is 24.0 Å². The Bertz CT molecular complexity index is 740. The van der Waals surface area contributed by atoms with Gasteiger partial charge in [0, 0.05) is 56.4 Å². The Hall–Kier alpha value is -2.21. The summed E-state index contributed by atoms with van der Waals surface area (Å²) in [4.78, 5) is 55.3. The first kappa shape index (κ1) is 38.9. The number of primary amides is 2. The molecule has 0 saturated carbocycles. The fourth-order valence-electron chi connectivity index (χ4n) is 3.20. The average molecular weight is 560 g/mol. The molecular weight excluding hydrogens is 506 g/mol. The van der Waals surface area contributed by atoms with Crippen LogP contribution in [0.1, 0.15) is 87.0 Å². The third-order valence-corrected chi connectivity index (χ3v) is 5.54. The van der Waals surface area contributed by atoms with Crippen LogP contribution in [0.25, 0.3) is 0 Å². The van der Waals surface area contributed by atoms with E-state index in [1.165, 1.54) is 0 Å². The summed E-state index contributed by atoms with van der Waals surface area (Å²) in [5.41, 5.74) is 9.35. The number of ketones is 3. The maximum atomic E-state index is 11.8. The lowest BCUT2D eigenvalue weighted by atomic mass is 10.0. The second kappa shape index (κ2) is 22.6. The summed E-state index contributed by atoms with van der Waals surface area (Å²) in [6.07, 6.45) is 1.80. The molecule has 5 N–H and O–H groups in total. The van der Waals surface area contributed by atoms with Crippen molar-refractivity contribution in [3.05, 3.63) is 0 Å². The molecule has 0 aromatic carbocycles. The third kappa shape index (κ3) is 23.4. The molecule has 11 heteroatoms. The van der Waals surface area contributed by atoms with E-state index in [0.29, 0.717) is 32.5 Å². The van der Waals surface area contributed by atoms with Crippen molar-refractivity contribution in [1.82, 2.24) is 5.32 Å². The highest BCUT2D eigenvalue weighted by Crippen LogP contribution is 2.12. The summed E-state index contributed by atoms with van der Waals surface area (Å²) in [7, 11) is 0. The van der Waals surface area contributed by atoms with Crippen LogP contribution in [-0.2, 0) is 38.2 Å². The van der Waals surface area contributed by atoms with Gasteiger partial charge in [-0.15, -0.1) is 0 Å². The maximum Gasteiger partial charge on any atom is 0.219 e. The lowest BCUT2D eigenvalue weighted by Gasteiger charge is -2.36. The van der Waals surface area contributed by atoms with Gasteiger partial charge in [-0.1, -0.05) is 48.5 Å². The number of carbonyl (C=O) groups excluding carboxylic acids is 5. The predicted octanol–water partition coefficient (Wildman–Crippen LogP) is 2.11. The topological polar surface area (TPSA) is 177 Å². The minimum Gasteiger partial charge on any atom is -0.379 e. The van der Waals surface area contributed by atoms with Crippen LogP contribution in [0.4, 0.5) is 0 Å². The van der Waals surface area contributed by atoms with Crippen molar-refractivity contribution in [2.75, 3.05) is 39.6 Å². The molecule has 1 atom stereocenters. The Morgan fingerprint density at radius 3 is 1.44 bits per heavy atom. The lowest BCUT2D eigenvalue weighted by Crippen LogP contribution is -2.59. The molecule has 0 aromatic rings. The molecule has 0 spiro atoms. The highest BCUT2D eigenvalue weighted by molar-refractivity contribution is 5.85. The van der Waals surface area contributed by atoms with E-state index in [2.05, 4.69) is 5.32 Å². The molecule has 39 heavy (non-hydrogen) atoms. The van der Waals surface area contributed by atoms with Crippen molar-refractivity contribution in [2.45, 2.75) is 98.6 Å². The summed E-state index contributed by atoms with van der Waals surface area (Å²) in [6.45, 7) is 14.8. The van der Waals surface area contributed by atoms with Crippen molar-refractivity contribution in [3.63, 3.8) is 0 Å². The molecule has 0 aromatic heterocycles. The summed E-state index contributed by atoms with van der Waals surface area (Å²) in [5.74, 6) is -0.445. The van der Waals surface area contributed by atoms with Gasteiger partial charge in [0.05, 0.1) is 45.2 Å². The van der Waals surface area contributed by atoms with E-state index in [9.17, 15) is 24.0 Å². The lowest BCUT2D eigenvalue weighted by molar-refractivity contribution is -0.125. The van der Waals surface area contributed by atoms with Crippen molar-refractivity contribution in [1.29, 1.82) is 0 Å². The van der Waals surface area contributed by atoms with Crippen LogP contribution in [0.5, 0.6) is 0 Å². The number of carbonyl (C=O) groups is 5. The first-order valence-electron chi connectivity index (χ1n) is 13.8. The maximum absolute atomic E-state index is 11.8. The Balaban J connectivity index is 0. The van der Waals surface area contributed by atoms with Crippen LogP contribution in [-0.4, -0.2) is 80.4 Å². The fraction of sp³-hybridized carbons (Fsp3) is 0.821. The monoisotopic (exact) mass is 559 g/mol. The van der Waals surface area contributed by atoms with Gasteiger partial charge in [0.2, 0.25) is 11.8 Å². The first-order valence-corrected chi connectivity index (χ1v) is 13.8. The Labute approximate surface area is 234 Å². The standard InChI is InChI=1S/C21H40N2O6.C7H13NO2/c1-6-18(24)7-10-27-13-21(23-17(4)5,15-29-12-9-20(22)26)14-28-11-8-19(25)16(2)3;1-5(2)6(9)3-4-7(8)10/h16-17,23H,6-15H2,1-5H3,(H2,22,26);5H,3-4H2,1-2H3,(H2,8,10).